The van der Waals surface area contributed by atoms with Gasteiger partial charge in [0.25, 0.3) is 0 Å². The molecule has 0 aliphatic carbocycles. The van der Waals surface area contributed by atoms with E-state index in [2.05, 4.69) is 41.2 Å². The van der Waals surface area contributed by atoms with E-state index in [0.717, 1.165) is 22.3 Å². The van der Waals surface area contributed by atoms with E-state index >= 15 is 0 Å². The van der Waals surface area contributed by atoms with E-state index in [0.29, 0.717) is 0 Å². The molecule has 0 amide bonds. The van der Waals surface area contributed by atoms with Crippen LogP contribution in [0.2, 0.25) is 0 Å². The number of thioether (sulfide) groups is 1. The van der Waals surface area contributed by atoms with E-state index in [1.54, 1.807) is 11.8 Å². The molecule has 0 unspecified atom stereocenters. The van der Waals surface area contributed by atoms with Gasteiger partial charge in [0.15, 0.2) is 5.16 Å². The number of hydrogen-bond donors (Lipinski definition) is 1. The van der Waals surface area contributed by atoms with E-state index < -0.39 is 0 Å². The molecule has 1 aromatic heterocycles. The van der Waals surface area contributed by atoms with Crippen molar-refractivity contribution in [3.8, 4) is 0 Å². The van der Waals surface area contributed by atoms with Crippen LogP contribution in [0.1, 0.15) is 22.5 Å². The molecule has 3 N–H and O–H groups in total. The van der Waals surface area contributed by atoms with Crippen molar-refractivity contribution in [2.24, 2.45) is 0 Å². The normalized spacial score (nSPS) is 9.94. The van der Waals surface area contributed by atoms with Gasteiger partial charge in [-0.25, -0.2) is 9.97 Å². The minimum Gasteiger partial charge on any atom is -0.344 e. The summed E-state index contributed by atoms with van der Waals surface area (Å²) in [5.41, 5.74) is 4.65. The maximum atomic E-state index is 4.50. The van der Waals surface area contributed by atoms with Crippen molar-refractivity contribution in [1.82, 2.24) is 16.1 Å². The lowest BCUT2D eigenvalue weighted by Crippen LogP contribution is -1.98. The Labute approximate surface area is 113 Å². The van der Waals surface area contributed by atoms with Crippen LogP contribution in [0, 0.1) is 20.8 Å². The lowest BCUT2D eigenvalue weighted by molar-refractivity contribution is 0.880. The zero-order chi connectivity index (χ0) is 12.3. The Morgan fingerprint density at radius 3 is 2.06 bits per heavy atom. The predicted octanol–water partition coefficient (Wildman–Crippen LogP) is 3.86. The van der Waals surface area contributed by atoms with Crippen LogP contribution in [0.15, 0.2) is 35.5 Å². The van der Waals surface area contributed by atoms with Crippen LogP contribution in [-0.4, -0.2) is 9.97 Å². The van der Waals surface area contributed by atoms with Gasteiger partial charge in [-0.15, -0.1) is 0 Å². The van der Waals surface area contributed by atoms with Crippen molar-refractivity contribution >= 4 is 11.8 Å². The highest BCUT2D eigenvalue weighted by atomic mass is 32.2. The molecular formula is C14H19N3S. The molecule has 96 valence electrons. The first kappa shape index (κ1) is 14.7. The van der Waals surface area contributed by atoms with Crippen LogP contribution in [0.3, 0.4) is 0 Å². The summed E-state index contributed by atoms with van der Waals surface area (Å²) in [7, 11) is 0. The SMILES string of the molecule is Cc1nc(SCc2ccccc2)nc(C)c1C.N. The summed E-state index contributed by atoms with van der Waals surface area (Å²) in [5, 5.41) is 0.870. The Morgan fingerprint density at radius 1 is 0.944 bits per heavy atom. The second-order valence-electron chi connectivity index (χ2n) is 4.08. The van der Waals surface area contributed by atoms with E-state index in [1.165, 1.54) is 11.1 Å². The van der Waals surface area contributed by atoms with Gasteiger partial charge in [0.1, 0.15) is 0 Å². The Balaban J connectivity index is 0.00000162. The van der Waals surface area contributed by atoms with E-state index in [-0.39, 0.29) is 6.15 Å². The molecule has 4 heteroatoms. The van der Waals surface area contributed by atoms with Gasteiger partial charge in [0.05, 0.1) is 0 Å². The van der Waals surface area contributed by atoms with Crippen LogP contribution in [0.5, 0.6) is 0 Å². The lowest BCUT2D eigenvalue weighted by atomic mass is 10.2. The smallest absolute Gasteiger partial charge is 0.188 e. The third kappa shape index (κ3) is 3.55. The Bertz CT molecular complexity index is 489. The van der Waals surface area contributed by atoms with Gasteiger partial charge in [-0.3, -0.25) is 0 Å². The van der Waals surface area contributed by atoms with Gasteiger partial charge in [-0.05, 0) is 31.9 Å². The minimum atomic E-state index is 0. The molecular weight excluding hydrogens is 242 g/mol. The number of nitrogens with zero attached hydrogens (tertiary/aromatic N) is 2. The van der Waals surface area contributed by atoms with Crippen LogP contribution >= 0.6 is 11.8 Å². The number of aryl methyl sites for hydroxylation is 2. The molecule has 0 fully saturated rings. The summed E-state index contributed by atoms with van der Waals surface area (Å²) in [4.78, 5) is 9.00. The summed E-state index contributed by atoms with van der Waals surface area (Å²) in [6.45, 7) is 6.14. The monoisotopic (exact) mass is 261 g/mol. The van der Waals surface area contributed by atoms with Gasteiger partial charge in [-0.1, -0.05) is 42.1 Å². The molecule has 2 rings (SSSR count). The molecule has 0 aliphatic heterocycles. The molecule has 2 aromatic rings. The van der Waals surface area contributed by atoms with Crippen LogP contribution in [0.25, 0.3) is 0 Å². The highest BCUT2D eigenvalue weighted by Crippen LogP contribution is 2.21. The molecule has 3 nitrogen and oxygen atoms in total. The fourth-order valence-electron chi connectivity index (χ4n) is 1.53. The zero-order valence-electron chi connectivity index (χ0n) is 11.1. The lowest BCUT2D eigenvalue weighted by Gasteiger charge is -2.06. The fourth-order valence-corrected chi connectivity index (χ4v) is 2.42. The Hall–Kier alpha value is -1.39. The average Bonchev–Trinajstić information content (AvgIpc) is 2.34. The van der Waals surface area contributed by atoms with Crippen LogP contribution in [-0.2, 0) is 5.75 Å². The summed E-state index contributed by atoms with van der Waals surface area (Å²) in [6.07, 6.45) is 0. The summed E-state index contributed by atoms with van der Waals surface area (Å²) >= 11 is 1.69. The van der Waals surface area contributed by atoms with E-state index in [1.807, 2.05) is 19.9 Å². The molecule has 0 saturated heterocycles. The van der Waals surface area contributed by atoms with Gasteiger partial charge in [0, 0.05) is 17.1 Å². The number of hydrogen-bond acceptors (Lipinski definition) is 4. The third-order valence-electron chi connectivity index (χ3n) is 2.82. The maximum Gasteiger partial charge on any atom is 0.188 e. The van der Waals surface area contributed by atoms with Gasteiger partial charge in [0.2, 0.25) is 0 Å². The Morgan fingerprint density at radius 2 is 1.50 bits per heavy atom. The largest absolute Gasteiger partial charge is 0.344 e. The minimum absolute atomic E-state index is 0. The molecule has 1 heterocycles. The van der Waals surface area contributed by atoms with E-state index in [9.17, 15) is 0 Å². The third-order valence-corrected chi connectivity index (χ3v) is 3.74. The first-order valence-electron chi connectivity index (χ1n) is 5.65. The molecule has 0 radical (unpaired) electrons. The van der Waals surface area contributed by atoms with Crippen molar-refractivity contribution in [1.29, 1.82) is 0 Å². The molecule has 18 heavy (non-hydrogen) atoms. The number of rotatable bonds is 3. The van der Waals surface area contributed by atoms with E-state index in [4.69, 9.17) is 0 Å². The van der Waals surface area contributed by atoms with Crippen molar-refractivity contribution in [2.75, 3.05) is 0 Å². The van der Waals surface area contributed by atoms with Crippen LogP contribution in [0.4, 0.5) is 0 Å². The number of benzene rings is 1. The highest BCUT2D eigenvalue weighted by molar-refractivity contribution is 7.98. The zero-order valence-corrected chi connectivity index (χ0v) is 11.9. The molecule has 1 aromatic carbocycles. The van der Waals surface area contributed by atoms with Crippen molar-refractivity contribution in [2.45, 2.75) is 31.7 Å². The number of aromatic nitrogens is 2. The van der Waals surface area contributed by atoms with Crippen molar-refractivity contribution in [3.05, 3.63) is 52.8 Å². The summed E-state index contributed by atoms with van der Waals surface area (Å²) in [6, 6.07) is 10.4. The molecule has 0 atom stereocenters. The highest BCUT2D eigenvalue weighted by Gasteiger charge is 2.05. The standard InChI is InChI=1S/C14H16N2S.H3N/c1-10-11(2)15-14(16-12(10)3)17-9-13-7-5-4-6-8-13;/h4-8H,9H2,1-3H3;1H3. The predicted molar refractivity (Wildman–Crippen MR) is 77.3 cm³/mol. The average molecular weight is 261 g/mol. The first-order valence-corrected chi connectivity index (χ1v) is 6.64. The molecule has 0 spiro atoms. The van der Waals surface area contributed by atoms with Gasteiger partial charge >= 0.3 is 0 Å². The Kier molecular flexibility index (Phi) is 5.31. The topological polar surface area (TPSA) is 60.8 Å². The van der Waals surface area contributed by atoms with Crippen LogP contribution < -0.4 is 6.15 Å². The second kappa shape index (κ2) is 6.52. The molecule has 0 saturated carbocycles. The molecule has 0 bridgehead atoms. The van der Waals surface area contributed by atoms with Crippen molar-refractivity contribution < 1.29 is 0 Å². The first-order chi connectivity index (χ1) is 8.16. The molecule has 0 aliphatic rings. The second-order valence-corrected chi connectivity index (χ2v) is 5.02. The fraction of sp³-hybridized carbons (Fsp3) is 0.286. The van der Waals surface area contributed by atoms with Gasteiger partial charge in [-0.2, -0.15) is 0 Å². The van der Waals surface area contributed by atoms with Gasteiger partial charge < -0.3 is 6.15 Å². The summed E-state index contributed by atoms with van der Waals surface area (Å²) < 4.78 is 0. The summed E-state index contributed by atoms with van der Waals surface area (Å²) in [5.74, 6) is 0.919. The quantitative estimate of drug-likeness (QED) is 0.673. The maximum absolute atomic E-state index is 4.50. The van der Waals surface area contributed by atoms with Crippen molar-refractivity contribution in [3.63, 3.8) is 0 Å².